The molecule has 1 aromatic carbocycles. The summed E-state index contributed by atoms with van der Waals surface area (Å²) in [4.78, 5) is 12.0. The van der Waals surface area contributed by atoms with Gasteiger partial charge in [-0.2, -0.15) is 0 Å². The molecule has 20 heavy (non-hydrogen) atoms. The third-order valence-electron chi connectivity index (χ3n) is 3.74. The highest BCUT2D eigenvalue weighted by molar-refractivity contribution is 5.76. The van der Waals surface area contributed by atoms with Crippen LogP contribution < -0.4 is 11.1 Å². The van der Waals surface area contributed by atoms with Gasteiger partial charge < -0.3 is 20.5 Å². The molecule has 0 spiro atoms. The molecular formula is C15H22N2O3. The van der Waals surface area contributed by atoms with Gasteiger partial charge in [-0.1, -0.05) is 30.3 Å². The van der Waals surface area contributed by atoms with Crippen molar-refractivity contribution in [2.75, 3.05) is 26.9 Å². The molecule has 1 aliphatic heterocycles. The number of rotatable bonds is 6. The summed E-state index contributed by atoms with van der Waals surface area (Å²) in [6.45, 7) is 1.66. The first-order valence-electron chi connectivity index (χ1n) is 6.85. The van der Waals surface area contributed by atoms with Crippen LogP contribution in [0.5, 0.6) is 0 Å². The largest absolute Gasteiger partial charge is 0.378 e. The number of nitrogens with one attached hydrogen (secondary N) is 1. The van der Waals surface area contributed by atoms with Gasteiger partial charge in [0.25, 0.3) is 0 Å². The lowest BCUT2D eigenvalue weighted by atomic mass is 10.0. The molecule has 2 rings (SSSR count). The third kappa shape index (κ3) is 3.79. The number of carbonyl (C=O) groups is 1. The molecule has 0 aromatic heterocycles. The number of amides is 1. The van der Waals surface area contributed by atoms with E-state index in [4.69, 9.17) is 15.2 Å². The predicted molar refractivity (Wildman–Crippen MR) is 76.2 cm³/mol. The molecule has 2 unspecified atom stereocenters. The van der Waals surface area contributed by atoms with Crippen LogP contribution in [-0.4, -0.2) is 38.4 Å². The minimum atomic E-state index is -0.382. The van der Waals surface area contributed by atoms with Gasteiger partial charge in [-0.25, -0.2) is 0 Å². The Morgan fingerprint density at radius 3 is 2.85 bits per heavy atom. The van der Waals surface area contributed by atoms with Crippen molar-refractivity contribution in [1.29, 1.82) is 0 Å². The van der Waals surface area contributed by atoms with Gasteiger partial charge in [-0.15, -0.1) is 0 Å². The summed E-state index contributed by atoms with van der Waals surface area (Å²) in [5.74, 6) is -0.0651. The van der Waals surface area contributed by atoms with Crippen LogP contribution in [0.1, 0.15) is 24.4 Å². The van der Waals surface area contributed by atoms with E-state index in [0.29, 0.717) is 19.8 Å². The molecule has 3 N–H and O–H groups in total. The molecule has 1 saturated heterocycles. The lowest BCUT2D eigenvalue weighted by Gasteiger charge is -2.26. The Labute approximate surface area is 119 Å². The molecule has 1 heterocycles. The molecule has 0 aliphatic carbocycles. The number of carbonyl (C=O) groups excluding carboxylic acids is 1. The minimum absolute atomic E-state index is 0.0651. The van der Waals surface area contributed by atoms with Gasteiger partial charge in [0.15, 0.2) is 0 Å². The Morgan fingerprint density at radius 2 is 2.25 bits per heavy atom. The molecule has 1 fully saturated rings. The summed E-state index contributed by atoms with van der Waals surface area (Å²) in [5.41, 5.74) is 6.61. The van der Waals surface area contributed by atoms with Crippen molar-refractivity contribution in [3.05, 3.63) is 35.9 Å². The zero-order chi connectivity index (χ0) is 14.4. The van der Waals surface area contributed by atoms with E-state index in [1.165, 1.54) is 0 Å². The Bertz CT molecular complexity index is 430. The molecule has 0 radical (unpaired) electrons. The van der Waals surface area contributed by atoms with E-state index >= 15 is 0 Å². The average Bonchev–Trinajstić information content (AvgIpc) is 2.95. The average molecular weight is 278 g/mol. The van der Waals surface area contributed by atoms with E-state index in [9.17, 15) is 4.79 Å². The van der Waals surface area contributed by atoms with Gasteiger partial charge in [-0.3, -0.25) is 4.79 Å². The first-order valence-corrected chi connectivity index (χ1v) is 6.85. The molecule has 1 aliphatic rings. The first-order chi connectivity index (χ1) is 9.65. The zero-order valence-corrected chi connectivity index (χ0v) is 11.8. The molecule has 0 saturated carbocycles. The van der Waals surface area contributed by atoms with E-state index < -0.39 is 0 Å². The van der Waals surface area contributed by atoms with Crippen LogP contribution in [0.3, 0.4) is 0 Å². The number of hydrogen-bond acceptors (Lipinski definition) is 4. The summed E-state index contributed by atoms with van der Waals surface area (Å²) < 4.78 is 10.8. The van der Waals surface area contributed by atoms with E-state index in [-0.39, 0.29) is 24.0 Å². The van der Waals surface area contributed by atoms with Gasteiger partial charge in [0.2, 0.25) is 5.91 Å². The quantitative estimate of drug-likeness (QED) is 0.814. The van der Waals surface area contributed by atoms with Gasteiger partial charge in [0, 0.05) is 39.1 Å². The van der Waals surface area contributed by atoms with Crippen LogP contribution >= 0.6 is 0 Å². The molecule has 0 bridgehead atoms. The van der Waals surface area contributed by atoms with Crippen molar-refractivity contribution in [3.8, 4) is 0 Å². The second kappa shape index (κ2) is 6.83. The maximum Gasteiger partial charge on any atom is 0.222 e. The molecule has 2 atom stereocenters. The van der Waals surface area contributed by atoms with E-state index in [2.05, 4.69) is 5.32 Å². The fraction of sp³-hybridized carbons (Fsp3) is 0.533. The van der Waals surface area contributed by atoms with Gasteiger partial charge in [-0.05, 0) is 5.56 Å². The van der Waals surface area contributed by atoms with Crippen molar-refractivity contribution in [2.45, 2.75) is 24.5 Å². The van der Waals surface area contributed by atoms with Gasteiger partial charge >= 0.3 is 0 Å². The van der Waals surface area contributed by atoms with Crippen molar-refractivity contribution in [2.24, 2.45) is 5.73 Å². The van der Waals surface area contributed by atoms with Crippen LogP contribution in [0.15, 0.2) is 30.3 Å². The van der Waals surface area contributed by atoms with Crippen molar-refractivity contribution in [1.82, 2.24) is 5.32 Å². The normalized spacial score (nSPS) is 23.5. The second-order valence-corrected chi connectivity index (χ2v) is 5.19. The highest BCUT2D eigenvalue weighted by atomic mass is 16.5. The van der Waals surface area contributed by atoms with Crippen molar-refractivity contribution in [3.63, 3.8) is 0 Å². The lowest BCUT2D eigenvalue weighted by molar-refractivity contribution is -0.123. The van der Waals surface area contributed by atoms with Crippen molar-refractivity contribution >= 4 is 5.91 Å². The van der Waals surface area contributed by atoms with E-state index in [1.807, 2.05) is 30.3 Å². The number of methoxy groups -OCH3 is 1. The Balaban J connectivity index is 1.81. The molecule has 1 aromatic rings. The summed E-state index contributed by atoms with van der Waals surface area (Å²) in [7, 11) is 1.65. The highest BCUT2D eigenvalue weighted by Crippen LogP contribution is 2.21. The first kappa shape index (κ1) is 15.0. The smallest absolute Gasteiger partial charge is 0.222 e. The lowest BCUT2D eigenvalue weighted by Crippen LogP contribution is -2.45. The molecule has 5 heteroatoms. The summed E-state index contributed by atoms with van der Waals surface area (Å²) in [5, 5.41) is 2.89. The predicted octanol–water partition coefficient (Wildman–Crippen LogP) is 0.998. The van der Waals surface area contributed by atoms with E-state index in [0.717, 1.165) is 12.0 Å². The molecule has 110 valence electrons. The maximum absolute atomic E-state index is 12.0. The third-order valence-corrected chi connectivity index (χ3v) is 3.74. The minimum Gasteiger partial charge on any atom is -0.378 e. The Morgan fingerprint density at radius 1 is 1.50 bits per heavy atom. The number of benzene rings is 1. The van der Waals surface area contributed by atoms with Gasteiger partial charge in [0.05, 0.1) is 6.61 Å². The summed E-state index contributed by atoms with van der Waals surface area (Å²) in [6.07, 6.45) is 1.07. The maximum atomic E-state index is 12.0. The fourth-order valence-corrected chi connectivity index (χ4v) is 2.31. The molecule has 5 nitrogen and oxygen atoms in total. The molecular weight excluding hydrogens is 256 g/mol. The van der Waals surface area contributed by atoms with Crippen molar-refractivity contribution < 1.29 is 14.3 Å². The zero-order valence-electron chi connectivity index (χ0n) is 11.8. The monoisotopic (exact) mass is 278 g/mol. The van der Waals surface area contributed by atoms with Crippen LogP contribution in [0, 0.1) is 0 Å². The Kier molecular flexibility index (Phi) is 5.11. The standard InChI is InChI=1S/C15H22N2O3/c1-19-15(7-8-20-11-15)10-17-14(18)9-13(16)12-5-3-2-4-6-12/h2-6,13H,7-11,16H2,1H3,(H,17,18). The van der Waals surface area contributed by atoms with Crippen LogP contribution in [0.25, 0.3) is 0 Å². The second-order valence-electron chi connectivity index (χ2n) is 5.19. The summed E-state index contributed by atoms with van der Waals surface area (Å²) >= 11 is 0. The Hall–Kier alpha value is -1.43. The SMILES string of the molecule is COC1(CNC(=O)CC(N)c2ccccc2)CCOC1. The van der Waals surface area contributed by atoms with E-state index in [1.54, 1.807) is 7.11 Å². The van der Waals surface area contributed by atoms with Crippen LogP contribution in [-0.2, 0) is 14.3 Å². The topological polar surface area (TPSA) is 73.6 Å². The fourth-order valence-electron chi connectivity index (χ4n) is 2.31. The van der Waals surface area contributed by atoms with Gasteiger partial charge in [0.1, 0.15) is 5.60 Å². The van der Waals surface area contributed by atoms with Crippen LogP contribution in [0.2, 0.25) is 0 Å². The number of nitrogens with two attached hydrogens (primary N) is 1. The number of hydrogen-bond donors (Lipinski definition) is 2. The number of ether oxygens (including phenoxy) is 2. The summed E-state index contributed by atoms with van der Waals surface area (Å²) in [6, 6.07) is 9.35. The van der Waals surface area contributed by atoms with Crippen LogP contribution in [0.4, 0.5) is 0 Å². The highest BCUT2D eigenvalue weighted by Gasteiger charge is 2.35. The molecule has 1 amide bonds.